The molecule has 0 bridgehead atoms. The van der Waals surface area contributed by atoms with Crippen LogP contribution in [0.25, 0.3) is 0 Å². The summed E-state index contributed by atoms with van der Waals surface area (Å²) in [5.74, 6) is 0.799. The van der Waals surface area contributed by atoms with Crippen molar-refractivity contribution < 1.29 is 0 Å². The molecule has 2 aromatic rings. The van der Waals surface area contributed by atoms with E-state index in [-0.39, 0.29) is 24.0 Å². The van der Waals surface area contributed by atoms with Crippen molar-refractivity contribution in [2.75, 3.05) is 13.6 Å². The van der Waals surface area contributed by atoms with Crippen LogP contribution in [0.1, 0.15) is 25.5 Å². The maximum atomic E-state index is 4.54. The fraction of sp³-hybridized carbons (Fsp3) is 0.500. The second-order valence-electron chi connectivity index (χ2n) is 4.72. The Balaban J connectivity index is 0.00000242. The third-order valence-electron chi connectivity index (χ3n) is 3.00. The number of hydrogen-bond acceptors (Lipinski definition) is 5. The van der Waals surface area contributed by atoms with Gasteiger partial charge in [0.1, 0.15) is 5.01 Å². The first kappa shape index (κ1) is 19.3. The molecule has 2 heterocycles. The van der Waals surface area contributed by atoms with Crippen LogP contribution in [0.2, 0.25) is 0 Å². The van der Waals surface area contributed by atoms with Crippen LogP contribution in [0.4, 0.5) is 0 Å². The highest BCUT2D eigenvalue weighted by atomic mass is 127. The Bertz CT molecular complexity index is 601. The predicted molar refractivity (Wildman–Crippen MR) is 106 cm³/mol. The molecule has 0 atom stereocenters. The highest BCUT2D eigenvalue weighted by Crippen LogP contribution is 2.16. The summed E-state index contributed by atoms with van der Waals surface area (Å²) in [5.41, 5.74) is 1.14. The molecule has 0 saturated carbocycles. The van der Waals surface area contributed by atoms with Gasteiger partial charge in [0.05, 0.1) is 17.2 Å². The van der Waals surface area contributed by atoms with Crippen molar-refractivity contribution in [3.05, 3.63) is 31.7 Å². The SMILES string of the molecule is CN=C(NCCc1nc(C)c(C)s1)NCc1ncc(C)s1.I. The van der Waals surface area contributed by atoms with Gasteiger partial charge in [0.2, 0.25) is 0 Å². The van der Waals surface area contributed by atoms with E-state index in [0.29, 0.717) is 6.54 Å². The average molecular weight is 451 g/mol. The van der Waals surface area contributed by atoms with Gasteiger partial charge in [-0.3, -0.25) is 4.99 Å². The van der Waals surface area contributed by atoms with E-state index in [1.165, 1.54) is 14.8 Å². The second kappa shape index (κ2) is 9.41. The molecule has 0 aliphatic heterocycles. The van der Waals surface area contributed by atoms with Gasteiger partial charge >= 0.3 is 0 Å². The number of nitrogens with one attached hydrogen (secondary N) is 2. The molecule has 122 valence electrons. The first-order valence-electron chi connectivity index (χ1n) is 6.87. The monoisotopic (exact) mass is 451 g/mol. The zero-order valence-electron chi connectivity index (χ0n) is 13.3. The molecule has 8 heteroatoms. The first-order chi connectivity index (χ1) is 10.1. The normalized spacial score (nSPS) is 11.2. The molecule has 0 aliphatic rings. The Kier molecular flexibility index (Phi) is 8.26. The maximum Gasteiger partial charge on any atom is 0.191 e. The van der Waals surface area contributed by atoms with Crippen LogP contribution in [0, 0.1) is 20.8 Å². The van der Waals surface area contributed by atoms with Crippen LogP contribution in [0.15, 0.2) is 11.2 Å². The van der Waals surface area contributed by atoms with Crippen LogP contribution in [0.5, 0.6) is 0 Å². The van der Waals surface area contributed by atoms with Gasteiger partial charge in [0, 0.05) is 36.0 Å². The Labute approximate surface area is 156 Å². The average Bonchev–Trinajstić information content (AvgIpc) is 3.00. The summed E-state index contributed by atoms with van der Waals surface area (Å²) < 4.78 is 0. The van der Waals surface area contributed by atoms with Crippen LogP contribution in [-0.2, 0) is 13.0 Å². The molecule has 0 aliphatic carbocycles. The van der Waals surface area contributed by atoms with Gasteiger partial charge in [-0.1, -0.05) is 0 Å². The predicted octanol–water partition coefficient (Wildman–Crippen LogP) is 3.05. The second-order valence-corrected chi connectivity index (χ2v) is 7.32. The molecular weight excluding hydrogens is 429 g/mol. The van der Waals surface area contributed by atoms with E-state index < -0.39 is 0 Å². The van der Waals surface area contributed by atoms with E-state index in [1.807, 2.05) is 6.20 Å². The molecule has 0 radical (unpaired) electrons. The standard InChI is InChI=1S/C14H21N5S2.HI/c1-9-7-17-13(20-9)8-18-14(15-4)16-6-5-12-19-10(2)11(3)21-12;/h7H,5-6,8H2,1-4H3,(H2,15,16,18);1H. The summed E-state index contributed by atoms with van der Waals surface area (Å²) in [6, 6.07) is 0. The molecule has 0 saturated heterocycles. The summed E-state index contributed by atoms with van der Waals surface area (Å²) in [5, 5.41) is 8.82. The van der Waals surface area contributed by atoms with Crippen molar-refractivity contribution in [3.8, 4) is 0 Å². The van der Waals surface area contributed by atoms with Crippen molar-refractivity contribution in [2.24, 2.45) is 4.99 Å². The van der Waals surface area contributed by atoms with Gasteiger partial charge < -0.3 is 10.6 Å². The molecule has 0 spiro atoms. The van der Waals surface area contributed by atoms with Gasteiger partial charge in [0.25, 0.3) is 0 Å². The van der Waals surface area contributed by atoms with Gasteiger partial charge in [0.15, 0.2) is 5.96 Å². The lowest BCUT2D eigenvalue weighted by molar-refractivity contribution is 0.788. The van der Waals surface area contributed by atoms with Crippen LogP contribution in [-0.4, -0.2) is 29.5 Å². The highest BCUT2D eigenvalue weighted by molar-refractivity contribution is 14.0. The van der Waals surface area contributed by atoms with E-state index in [4.69, 9.17) is 0 Å². The van der Waals surface area contributed by atoms with Crippen molar-refractivity contribution in [3.63, 3.8) is 0 Å². The molecule has 2 aromatic heterocycles. The molecule has 5 nitrogen and oxygen atoms in total. The van der Waals surface area contributed by atoms with Crippen molar-refractivity contribution >= 4 is 52.6 Å². The number of nitrogens with zero attached hydrogens (tertiary/aromatic N) is 3. The van der Waals surface area contributed by atoms with Crippen LogP contribution in [0.3, 0.4) is 0 Å². The minimum Gasteiger partial charge on any atom is -0.356 e. The summed E-state index contributed by atoms with van der Waals surface area (Å²) >= 11 is 3.47. The van der Waals surface area contributed by atoms with E-state index >= 15 is 0 Å². The molecule has 0 aromatic carbocycles. The smallest absolute Gasteiger partial charge is 0.191 e. The third kappa shape index (κ3) is 5.81. The molecule has 22 heavy (non-hydrogen) atoms. The van der Waals surface area contributed by atoms with Gasteiger partial charge in [-0.25, -0.2) is 9.97 Å². The number of rotatable bonds is 5. The topological polar surface area (TPSA) is 62.2 Å². The Hall–Kier alpha value is -0.740. The lowest BCUT2D eigenvalue weighted by atomic mass is 10.4. The molecule has 0 unspecified atom stereocenters. The molecular formula is C14H22IN5S2. The minimum atomic E-state index is 0. The Morgan fingerprint density at radius 2 is 1.95 bits per heavy atom. The number of aliphatic imine (C=N–C) groups is 1. The zero-order chi connectivity index (χ0) is 15.2. The highest BCUT2D eigenvalue weighted by Gasteiger charge is 2.05. The number of halogens is 1. The van der Waals surface area contributed by atoms with Crippen molar-refractivity contribution in [2.45, 2.75) is 33.7 Å². The summed E-state index contributed by atoms with van der Waals surface area (Å²) in [6.45, 7) is 7.75. The molecule has 2 N–H and O–H groups in total. The number of aromatic nitrogens is 2. The Morgan fingerprint density at radius 1 is 1.18 bits per heavy atom. The molecule has 2 rings (SSSR count). The van der Waals surface area contributed by atoms with Crippen LogP contribution < -0.4 is 10.6 Å². The van der Waals surface area contributed by atoms with E-state index in [9.17, 15) is 0 Å². The number of thiazole rings is 2. The number of aryl methyl sites for hydroxylation is 3. The summed E-state index contributed by atoms with van der Waals surface area (Å²) in [6.07, 6.45) is 2.81. The maximum absolute atomic E-state index is 4.54. The fourth-order valence-electron chi connectivity index (χ4n) is 1.80. The largest absolute Gasteiger partial charge is 0.356 e. The van der Waals surface area contributed by atoms with Crippen molar-refractivity contribution in [1.29, 1.82) is 0 Å². The Morgan fingerprint density at radius 3 is 2.50 bits per heavy atom. The van der Waals surface area contributed by atoms with Crippen molar-refractivity contribution in [1.82, 2.24) is 20.6 Å². The number of guanidine groups is 1. The summed E-state index contributed by atoms with van der Waals surface area (Å²) in [4.78, 5) is 15.6. The van der Waals surface area contributed by atoms with Gasteiger partial charge in [-0.15, -0.1) is 46.7 Å². The molecule has 0 amide bonds. The summed E-state index contributed by atoms with van der Waals surface area (Å²) in [7, 11) is 1.78. The first-order valence-corrected chi connectivity index (χ1v) is 8.50. The van der Waals surface area contributed by atoms with E-state index in [1.54, 1.807) is 29.7 Å². The van der Waals surface area contributed by atoms with Crippen LogP contribution >= 0.6 is 46.7 Å². The minimum absolute atomic E-state index is 0. The van der Waals surface area contributed by atoms with E-state index in [0.717, 1.165) is 29.6 Å². The lowest BCUT2D eigenvalue weighted by Gasteiger charge is -2.09. The lowest BCUT2D eigenvalue weighted by Crippen LogP contribution is -2.37. The van der Waals surface area contributed by atoms with Gasteiger partial charge in [-0.05, 0) is 20.8 Å². The molecule has 0 fully saturated rings. The number of hydrogen-bond donors (Lipinski definition) is 2. The fourth-order valence-corrected chi connectivity index (χ4v) is 3.46. The zero-order valence-corrected chi connectivity index (χ0v) is 17.2. The van der Waals surface area contributed by atoms with Gasteiger partial charge in [-0.2, -0.15) is 0 Å². The van der Waals surface area contributed by atoms with E-state index in [2.05, 4.69) is 46.4 Å². The quantitative estimate of drug-likeness (QED) is 0.417. The third-order valence-corrected chi connectivity index (χ3v) is 5.05.